The quantitative estimate of drug-likeness (QED) is 0.671. The minimum Gasteiger partial charge on any atom is -0.506 e. The Hall–Kier alpha value is -1.19. The molecule has 0 spiro atoms. The molecule has 16 heavy (non-hydrogen) atoms. The Morgan fingerprint density at radius 1 is 1.38 bits per heavy atom. The van der Waals surface area contributed by atoms with E-state index in [0.717, 1.165) is 0 Å². The van der Waals surface area contributed by atoms with Gasteiger partial charge in [0.2, 0.25) is 0 Å². The van der Waals surface area contributed by atoms with Gasteiger partial charge in [-0.05, 0) is 12.1 Å². The number of rotatable bonds is 3. The largest absolute Gasteiger partial charge is 0.506 e. The molecule has 0 heterocycles. The van der Waals surface area contributed by atoms with E-state index in [9.17, 15) is 9.90 Å². The monoisotopic (exact) mass is 259 g/mol. The average molecular weight is 260 g/mol. The van der Waals surface area contributed by atoms with Gasteiger partial charge in [-0.3, -0.25) is 4.79 Å². The lowest BCUT2D eigenvalue weighted by Gasteiger charge is -2.05. The van der Waals surface area contributed by atoms with Crippen molar-refractivity contribution in [1.82, 2.24) is 4.90 Å². The number of halogens is 2. The average Bonchev–Trinajstić information content (AvgIpc) is 2.19. The molecule has 3 nitrogen and oxygen atoms in total. The topological polar surface area (TPSA) is 40.5 Å². The molecule has 0 radical (unpaired) electrons. The number of nitrogens with zero attached hydrogens (tertiary/aromatic N) is 1. The van der Waals surface area contributed by atoms with Crippen LogP contribution in [0.25, 0.3) is 0 Å². The smallest absolute Gasteiger partial charge is 0.191 e. The number of hydrogen-bond donors (Lipinski definition) is 1. The first kappa shape index (κ1) is 12.9. The van der Waals surface area contributed by atoms with Crippen molar-refractivity contribution in [1.29, 1.82) is 0 Å². The summed E-state index contributed by atoms with van der Waals surface area (Å²) >= 11 is 11.5. The zero-order valence-electron chi connectivity index (χ0n) is 8.87. The van der Waals surface area contributed by atoms with Crippen LogP contribution in [0.4, 0.5) is 0 Å². The number of benzene rings is 1. The van der Waals surface area contributed by atoms with Crippen LogP contribution in [0.3, 0.4) is 0 Å². The fraction of sp³-hybridized carbons (Fsp3) is 0.182. The summed E-state index contributed by atoms with van der Waals surface area (Å²) in [6.07, 6.45) is 2.91. The summed E-state index contributed by atoms with van der Waals surface area (Å²) in [5, 5.41) is 9.97. The highest BCUT2D eigenvalue weighted by molar-refractivity contribution is 6.36. The Morgan fingerprint density at radius 2 is 2.00 bits per heavy atom. The summed E-state index contributed by atoms with van der Waals surface area (Å²) in [6, 6.07) is 2.76. The Morgan fingerprint density at radius 3 is 2.56 bits per heavy atom. The Bertz CT molecular complexity index is 442. The van der Waals surface area contributed by atoms with Gasteiger partial charge in [-0.25, -0.2) is 0 Å². The third-order valence-corrected chi connectivity index (χ3v) is 2.32. The number of carbonyl (C=O) groups excluding carboxylic acids is 1. The van der Waals surface area contributed by atoms with Gasteiger partial charge in [-0.2, -0.15) is 0 Å². The molecule has 0 amide bonds. The molecule has 0 saturated carbocycles. The first-order valence-corrected chi connectivity index (χ1v) is 5.24. The fourth-order valence-electron chi connectivity index (χ4n) is 1.06. The zero-order valence-corrected chi connectivity index (χ0v) is 10.4. The highest BCUT2D eigenvalue weighted by Gasteiger charge is 2.12. The maximum absolute atomic E-state index is 11.7. The molecule has 1 aromatic rings. The number of allylic oxidation sites excluding steroid dienone is 1. The van der Waals surface area contributed by atoms with Gasteiger partial charge < -0.3 is 10.0 Å². The van der Waals surface area contributed by atoms with E-state index in [2.05, 4.69) is 0 Å². The molecule has 86 valence electrons. The van der Waals surface area contributed by atoms with Gasteiger partial charge >= 0.3 is 0 Å². The number of carbonyl (C=O) groups is 1. The molecule has 1 rings (SSSR count). The van der Waals surface area contributed by atoms with Crippen LogP contribution in [-0.2, 0) is 0 Å². The normalized spacial score (nSPS) is 10.8. The van der Waals surface area contributed by atoms with E-state index in [1.165, 1.54) is 18.2 Å². The van der Waals surface area contributed by atoms with E-state index < -0.39 is 0 Å². The van der Waals surface area contributed by atoms with Gasteiger partial charge in [0.25, 0.3) is 0 Å². The van der Waals surface area contributed by atoms with E-state index in [1.54, 1.807) is 25.2 Å². The molecule has 0 aliphatic heterocycles. The minimum atomic E-state index is -0.351. The second-order valence-corrected chi connectivity index (χ2v) is 4.27. The fourth-order valence-corrected chi connectivity index (χ4v) is 1.55. The van der Waals surface area contributed by atoms with Crippen LogP contribution in [0.5, 0.6) is 5.75 Å². The molecule has 5 heteroatoms. The van der Waals surface area contributed by atoms with Crippen molar-refractivity contribution in [2.45, 2.75) is 0 Å². The lowest BCUT2D eigenvalue weighted by Crippen LogP contribution is -2.03. The van der Waals surface area contributed by atoms with Crippen molar-refractivity contribution in [2.75, 3.05) is 14.1 Å². The summed E-state index contributed by atoms with van der Waals surface area (Å²) < 4.78 is 0. The minimum absolute atomic E-state index is 0.0640. The predicted molar refractivity (Wildman–Crippen MR) is 65.3 cm³/mol. The molecule has 0 bridgehead atoms. The van der Waals surface area contributed by atoms with Crippen molar-refractivity contribution in [3.8, 4) is 5.75 Å². The number of hydrogen-bond acceptors (Lipinski definition) is 3. The molecule has 0 aliphatic rings. The number of ketones is 1. The van der Waals surface area contributed by atoms with Gasteiger partial charge in [0.1, 0.15) is 5.75 Å². The molecule has 0 aliphatic carbocycles. The van der Waals surface area contributed by atoms with Gasteiger partial charge in [-0.15, -0.1) is 0 Å². The molecule has 0 unspecified atom stereocenters. The van der Waals surface area contributed by atoms with Gasteiger partial charge in [0.15, 0.2) is 5.78 Å². The molecular formula is C11H11Cl2NO2. The summed E-state index contributed by atoms with van der Waals surface area (Å²) in [6.45, 7) is 0. The zero-order chi connectivity index (χ0) is 12.3. The first-order chi connectivity index (χ1) is 7.41. The van der Waals surface area contributed by atoms with Crippen molar-refractivity contribution in [2.24, 2.45) is 0 Å². The molecule has 1 aromatic carbocycles. The van der Waals surface area contributed by atoms with Crippen LogP contribution in [-0.4, -0.2) is 29.9 Å². The second kappa shape index (κ2) is 5.23. The van der Waals surface area contributed by atoms with E-state index in [0.29, 0.717) is 5.02 Å². The van der Waals surface area contributed by atoms with E-state index in [-0.39, 0.29) is 22.1 Å². The summed E-state index contributed by atoms with van der Waals surface area (Å²) in [5.74, 6) is -0.602. The number of phenolic OH excluding ortho intramolecular Hbond substituents is 1. The van der Waals surface area contributed by atoms with Crippen LogP contribution in [0, 0.1) is 0 Å². The van der Waals surface area contributed by atoms with Crippen LogP contribution >= 0.6 is 23.2 Å². The SMILES string of the molecule is CN(C)/C=C/C(=O)c1cc(Cl)cc(Cl)c1O. The van der Waals surface area contributed by atoms with Gasteiger partial charge in [0, 0.05) is 31.4 Å². The van der Waals surface area contributed by atoms with Gasteiger partial charge in [-0.1, -0.05) is 23.2 Å². The molecule has 0 fully saturated rings. The van der Waals surface area contributed by atoms with Crippen molar-refractivity contribution < 1.29 is 9.90 Å². The van der Waals surface area contributed by atoms with Crippen LogP contribution in [0.2, 0.25) is 10.0 Å². The number of phenols is 1. The Labute approximate surface area is 104 Å². The lowest BCUT2D eigenvalue weighted by atomic mass is 10.1. The van der Waals surface area contributed by atoms with Crippen molar-refractivity contribution in [3.63, 3.8) is 0 Å². The first-order valence-electron chi connectivity index (χ1n) is 4.49. The third kappa shape index (κ3) is 3.15. The van der Waals surface area contributed by atoms with Crippen molar-refractivity contribution in [3.05, 3.63) is 40.0 Å². The maximum Gasteiger partial charge on any atom is 0.191 e. The molecule has 0 saturated heterocycles. The van der Waals surface area contributed by atoms with Crippen LogP contribution in [0.15, 0.2) is 24.4 Å². The van der Waals surface area contributed by atoms with Crippen LogP contribution < -0.4 is 0 Å². The van der Waals surface area contributed by atoms with Gasteiger partial charge in [0.05, 0.1) is 10.6 Å². The molecule has 1 N–H and O–H groups in total. The van der Waals surface area contributed by atoms with Crippen molar-refractivity contribution >= 4 is 29.0 Å². The number of aromatic hydroxyl groups is 1. The van der Waals surface area contributed by atoms with E-state index in [1.807, 2.05) is 0 Å². The van der Waals surface area contributed by atoms with Crippen LogP contribution in [0.1, 0.15) is 10.4 Å². The summed E-state index contributed by atoms with van der Waals surface area (Å²) in [4.78, 5) is 13.4. The molecular weight excluding hydrogens is 249 g/mol. The third-order valence-electron chi connectivity index (χ3n) is 1.82. The second-order valence-electron chi connectivity index (χ2n) is 3.43. The standard InChI is InChI=1S/C11H11Cl2NO2/c1-14(2)4-3-10(15)8-5-7(12)6-9(13)11(8)16/h3-6,16H,1-2H3/b4-3+. The Kier molecular flexibility index (Phi) is 4.21. The predicted octanol–water partition coefficient (Wildman–Crippen LogP) is 2.96. The maximum atomic E-state index is 11.7. The molecule has 0 atom stereocenters. The molecule has 0 aromatic heterocycles. The highest BCUT2D eigenvalue weighted by atomic mass is 35.5. The summed E-state index contributed by atoms with van der Waals surface area (Å²) in [7, 11) is 3.57. The Balaban J connectivity index is 3.09. The van der Waals surface area contributed by atoms with E-state index in [4.69, 9.17) is 23.2 Å². The lowest BCUT2D eigenvalue weighted by molar-refractivity contribution is 0.104. The highest BCUT2D eigenvalue weighted by Crippen LogP contribution is 2.31. The van der Waals surface area contributed by atoms with E-state index >= 15 is 0 Å². The summed E-state index contributed by atoms with van der Waals surface area (Å²) in [5.41, 5.74) is 0.0931.